The van der Waals surface area contributed by atoms with Gasteiger partial charge in [-0.3, -0.25) is 0 Å². The van der Waals surface area contributed by atoms with E-state index < -0.39 is 0 Å². The molecule has 16 heavy (non-hydrogen) atoms. The minimum atomic E-state index is -0.275. The van der Waals surface area contributed by atoms with Crippen LogP contribution in [0, 0.1) is 5.92 Å². The Morgan fingerprint density at radius 2 is 2.19 bits per heavy atom. The summed E-state index contributed by atoms with van der Waals surface area (Å²) in [5.74, 6) is 0.722. The number of halogens is 2. The summed E-state index contributed by atoms with van der Waals surface area (Å²) < 4.78 is 0. The predicted octanol–water partition coefficient (Wildman–Crippen LogP) is 4.36. The topological polar surface area (TPSA) is 26.0 Å². The Hall–Kier alpha value is -0.240. The quantitative estimate of drug-likeness (QED) is 0.838. The van der Waals surface area contributed by atoms with Crippen LogP contribution in [0.2, 0.25) is 10.0 Å². The molecule has 3 heteroatoms. The summed E-state index contributed by atoms with van der Waals surface area (Å²) in [5, 5.41) is 1.45. The maximum atomic E-state index is 6.47. The first-order valence-corrected chi connectivity index (χ1v) is 6.55. The van der Waals surface area contributed by atoms with E-state index in [-0.39, 0.29) is 5.54 Å². The molecule has 2 unspecified atom stereocenters. The molecule has 1 saturated carbocycles. The molecule has 2 rings (SSSR count). The van der Waals surface area contributed by atoms with Crippen LogP contribution in [0.15, 0.2) is 18.2 Å². The van der Waals surface area contributed by atoms with Crippen molar-refractivity contribution < 1.29 is 0 Å². The molecule has 1 aliphatic rings. The minimum Gasteiger partial charge on any atom is -0.321 e. The van der Waals surface area contributed by atoms with Crippen LogP contribution in [0.3, 0.4) is 0 Å². The van der Waals surface area contributed by atoms with Gasteiger partial charge in [0.2, 0.25) is 0 Å². The molecule has 0 saturated heterocycles. The summed E-state index contributed by atoms with van der Waals surface area (Å²) in [6, 6.07) is 5.57. The molecule has 1 nitrogen and oxygen atoms in total. The lowest BCUT2D eigenvalue weighted by Crippen LogP contribution is -2.34. The van der Waals surface area contributed by atoms with Crippen molar-refractivity contribution in [3.63, 3.8) is 0 Å². The molecule has 88 valence electrons. The lowest BCUT2D eigenvalue weighted by Gasteiger charge is -2.26. The fourth-order valence-electron chi connectivity index (χ4n) is 2.65. The van der Waals surface area contributed by atoms with Gasteiger partial charge in [-0.2, -0.15) is 0 Å². The van der Waals surface area contributed by atoms with E-state index in [1.54, 1.807) is 0 Å². The maximum Gasteiger partial charge on any atom is 0.0457 e. The Bertz CT molecular complexity index is 392. The first-order chi connectivity index (χ1) is 7.55. The second-order valence-corrected chi connectivity index (χ2v) is 5.64. The highest BCUT2D eigenvalue weighted by Gasteiger charge is 2.37. The Labute approximate surface area is 107 Å². The van der Waals surface area contributed by atoms with E-state index in [1.807, 2.05) is 18.2 Å². The molecule has 1 aromatic rings. The molecule has 0 amide bonds. The molecule has 0 aliphatic heterocycles. The van der Waals surface area contributed by atoms with Crippen molar-refractivity contribution in [2.75, 3.05) is 0 Å². The molecule has 0 aromatic heterocycles. The third-order valence-corrected chi connectivity index (χ3v) is 4.26. The van der Waals surface area contributed by atoms with Gasteiger partial charge in [-0.25, -0.2) is 0 Å². The molecule has 0 spiro atoms. The Morgan fingerprint density at radius 1 is 1.44 bits per heavy atom. The summed E-state index contributed by atoms with van der Waals surface area (Å²) in [4.78, 5) is 0. The summed E-state index contributed by atoms with van der Waals surface area (Å²) in [5.41, 5.74) is 7.21. The van der Waals surface area contributed by atoms with E-state index in [9.17, 15) is 0 Å². The number of hydrogen-bond acceptors (Lipinski definition) is 1. The van der Waals surface area contributed by atoms with Crippen molar-refractivity contribution >= 4 is 23.2 Å². The van der Waals surface area contributed by atoms with Gasteiger partial charge >= 0.3 is 0 Å². The van der Waals surface area contributed by atoms with Gasteiger partial charge in [-0.1, -0.05) is 36.5 Å². The molecule has 1 fully saturated rings. The van der Waals surface area contributed by atoms with Crippen molar-refractivity contribution in [2.45, 2.75) is 38.1 Å². The van der Waals surface area contributed by atoms with E-state index in [1.165, 1.54) is 12.8 Å². The number of nitrogens with two attached hydrogens (primary N) is 1. The van der Waals surface area contributed by atoms with Gasteiger partial charge in [0.15, 0.2) is 0 Å². The van der Waals surface area contributed by atoms with Crippen molar-refractivity contribution in [3.05, 3.63) is 33.8 Å². The third kappa shape index (κ3) is 2.22. The molecule has 2 atom stereocenters. The van der Waals surface area contributed by atoms with Crippen LogP contribution in [-0.4, -0.2) is 0 Å². The number of hydrogen-bond donors (Lipinski definition) is 1. The SMILES string of the molecule is CCC1CCC(N)(c2cc(Cl)ccc2Cl)C1. The van der Waals surface area contributed by atoms with Gasteiger partial charge in [0.25, 0.3) is 0 Å². The van der Waals surface area contributed by atoms with Crippen molar-refractivity contribution in [1.82, 2.24) is 0 Å². The molecular weight excluding hydrogens is 241 g/mol. The molecule has 1 aromatic carbocycles. The van der Waals surface area contributed by atoms with E-state index in [0.29, 0.717) is 5.02 Å². The minimum absolute atomic E-state index is 0.275. The molecule has 0 heterocycles. The van der Waals surface area contributed by atoms with Gasteiger partial charge in [0.1, 0.15) is 0 Å². The standard InChI is InChI=1S/C13H17Cl2N/c1-2-9-5-6-13(16,8-9)11-7-10(14)3-4-12(11)15/h3-4,7,9H,2,5-6,8,16H2,1H3. The Kier molecular flexibility index (Phi) is 3.48. The fraction of sp³-hybridized carbons (Fsp3) is 0.538. The zero-order valence-corrected chi connectivity index (χ0v) is 11.0. The van der Waals surface area contributed by atoms with Crippen LogP contribution in [0.25, 0.3) is 0 Å². The van der Waals surface area contributed by atoms with Crippen LogP contribution in [0.1, 0.15) is 38.2 Å². The lowest BCUT2D eigenvalue weighted by molar-refractivity contribution is 0.424. The van der Waals surface area contributed by atoms with Gasteiger partial charge in [0.05, 0.1) is 0 Å². The van der Waals surface area contributed by atoms with Crippen LogP contribution in [-0.2, 0) is 5.54 Å². The van der Waals surface area contributed by atoms with Gasteiger partial charge in [-0.05, 0) is 48.9 Å². The van der Waals surface area contributed by atoms with Crippen LogP contribution >= 0.6 is 23.2 Å². The zero-order valence-electron chi connectivity index (χ0n) is 9.47. The first kappa shape index (κ1) is 12.2. The van der Waals surface area contributed by atoms with E-state index in [4.69, 9.17) is 28.9 Å². The summed E-state index contributed by atoms with van der Waals surface area (Å²) in [6.07, 6.45) is 4.40. The number of rotatable bonds is 2. The van der Waals surface area contributed by atoms with Crippen molar-refractivity contribution in [2.24, 2.45) is 11.7 Å². The smallest absolute Gasteiger partial charge is 0.0457 e. The summed E-state index contributed by atoms with van der Waals surface area (Å²) >= 11 is 12.2. The molecule has 0 bridgehead atoms. The molecular formula is C13H17Cl2N. The van der Waals surface area contributed by atoms with E-state index in [0.717, 1.165) is 29.3 Å². The average molecular weight is 258 g/mol. The number of benzene rings is 1. The van der Waals surface area contributed by atoms with Crippen LogP contribution in [0.4, 0.5) is 0 Å². The fourth-order valence-corrected chi connectivity index (χ4v) is 3.13. The van der Waals surface area contributed by atoms with E-state index in [2.05, 4.69) is 6.92 Å². The zero-order chi connectivity index (χ0) is 11.8. The summed E-state index contributed by atoms with van der Waals surface area (Å²) in [6.45, 7) is 2.22. The van der Waals surface area contributed by atoms with E-state index >= 15 is 0 Å². The second kappa shape index (κ2) is 4.56. The van der Waals surface area contributed by atoms with Crippen LogP contribution < -0.4 is 5.73 Å². The molecule has 0 radical (unpaired) electrons. The molecule has 2 N–H and O–H groups in total. The predicted molar refractivity (Wildman–Crippen MR) is 70.0 cm³/mol. The van der Waals surface area contributed by atoms with Crippen molar-refractivity contribution in [1.29, 1.82) is 0 Å². The third-order valence-electron chi connectivity index (χ3n) is 3.69. The maximum absolute atomic E-state index is 6.47. The van der Waals surface area contributed by atoms with Gasteiger partial charge in [0, 0.05) is 15.6 Å². The highest BCUT2D eigenvalue weighted by atomic mass is 35.5. The Balaban J connectivity index is 2.33. The normalized spacial score (nSPS) is 29.6. The lowest BCUT2D eigenvalue weighted by atomic mass is 9.88. The van der Waals surface area contributed by atoms with Gasteiger partial charge in [-0.15, -0.1) is 0 Å². The Morgan fingerprint density at radius 3 is 2.81 bits per heavy atom. The summed E-state index contributed by atoms with van der Waals surface area (Å²) in [7, 11) is 0. The van der Waals surface area contributed by atoms with Gasteiger partial charge < -0.3 is 5.73 Å². The largest absolute Gasteiger partial charge is 0.321 e. The molecule has 1 aliphatic carbocycles. The average Bonchev–Trinajstić information content (AvgIpc) is 2.65. The second-order valence-electron chi connectivity index (χ2n) is 4.80. The highest BCUT2D eigenvalue weighted by molar-refractivity contribution is 6.33. The van der Waals surface area contributed by atoms with Crippen LogP contribution in [0.5, 0.6) is 0 Å². The highest BCUT2D eigenvalue weighted by Crippen LogP contribution is 2.44. The van der Waals surface area contributed by atoms with Crippen molar-refractivity contribution in [3.8, 4) is 0 Å². The first-order valence-electron chi connectivity index (χ1n) is 5.79. The monoisotopic (exact) mass is 257 g/mol.